The second-order valence-electron chi connectivity index (χ2n) is 4.66. The number of carboxylic acid groups (broad SMARTS) is 1. The van der Waals surface area contributed by atoms with Crippen LogP contribution in [0.15, 0.2) is 0 Å². The van der Waals surface area contributed by atoms with Gasteiger partial charge in [-0.15, -0.1) is 0 Å². The Morgan fingerprint density at radius 3 is 2.00 bits per heavy atom. The average Bonchev–Trinajstić information content (AvgIpc) is 1.85. The lowest BCUT2D eigenvalue weighted by Gasteiger charge is -2.30. The third-order valence-electron chi connectivity index (χ3n) is 1.86. The van der Waals surface area contributed by atoms with E-state index in [1.54, 1.807) is 13.8 Å². The van der Waals surface area contributed by atoms with Gasteiger partial charge in [0.25, 0.3) is 0 Å². The standard InChI is InChI=1S/C9H17IO2/c1-8(2,6-10)5-9(3,4)7(11)12/h5-6H2,1-4H3,(H,11,12). The first-order valence-corrected chi connectivity index (χ1v) is 5.53. The van der Waals surface area contributed by atoms with E-state index in [-0.39, 0.29) is 5.41 Å². The van der Waals surface area contributed by atoms with Crippen LogP contribution in [0.1, 0.15) is 34.1 Å². The van der Waals surface area contributed by atoms with Crippen molar-refractivity contribution in [3.8, 4) is 0 Å². The lowest BCUT2D eigenvalue weighted by atomic mass is 9.76. The Hall–Kier alpha value is 0.200. The van der Waals surface area contributed by atoms with E-state index in [9.17, 15) is 4.79 Å². The maximum atomic E-state index is 10.8. The molecule has 3 heteroatoms. The molecule has 0 rings (SSSR count). The first-order chi connectivity index (χ1) is 5.21. The first kappa shape index (κ1) is 12.2. The number of aliphatic carboxylic acids is 1. The van der Waals surface area contributed by atoms with Gasteiger partial charge in [0.2, 0.25) is 0 Å². The Balaban J connectivity index is 4.34. The molecule has 0 unspecified atom stereocenters. The summed E-state index contributed by atoms with van der Waals surface area (Å²) in [6, 6.07) is 0. The summed E-state index contributed by atoms with van der Waals surface area (Å²) in [7, 11) is 0. The van der Waals surface area contributed by atoms with Gasteiger partial charge in [-0.3, -0.25) is 4.79 Å². The van der Waals surface area contributed by atoms with Crippen LogP contribution >= 0.6 is 22.6 Å². The molecular formula is C9H17IO2. The summed E-state index contributed by atoms with van der Waals surface area (Å²) in [5.74, 6) is -0.708. The van der Waals surface area contributed by atoms with Crippen LogP contribution in [0.4, 0.5) is 0 Å². The minimum absolute atomic E-state index is 0.114. The summed E-state index contributed by atoms with van der Waals surface area (Å²) in [4.78, 5) is 10.8. The van der Waals surface area contributed by atoms with Gasteiger partial charge in [-0.25, -0.2) is 0 Å². The fourth-order valence-corrected chi connectivity index (χ4v) is 1.59. The number of rotatable bonds is 4. The van der Waals surface area contributed by atoms with Crippen LogP contribution in [-0.2, 0) is 4.79 Å². The van der Waals surface area contributed by atoms with Crippen LogP contribution in [0.25, 0.3) is 0 Å². The van der Waals surface area contributed by atoms with E-state index >= 15 is 0 Å². The molecule has 1 N–H and O–H groups in total. The van der Waals surface area contributed by atoms with Gasteiger partial charge in [-0.2, -0.15) is 0 Å². The second kappa shape index (κ2) is 3.94. The van der Waals surface area contributed by atoms with Gasteiger partial charge in [0, 0.05) is 4.43 Å². The van der Waals surface area contributed by atoms with Crippen molar-refractivity contribution in [2.24, 2.45) is 10.8 Å². The molecule has 0 saturated heterocycles. The summed E-state index contributed by atoms with van der Waals surface area (Å²) in [6.07, 6.45) is 0.721. The zero-order valence-electron chi connectivity index (χ0n) is 8.15. The molecule has 0 radical (unpaired) electrons. The highest BCUT2D eigenvalue weighted by Crippen LogP contribution is 2.34. The molecule has 0 aromatic heterocycles. The molecule has 2 nitrogen and oxygen atoms in total. The maximum absolute atomic E-state index is 10.8. The number of halogens is 1. The minimum Gasteiger partial charge on any atom is -0.481 e. The highest BCUT2D eigenvalue weighted by molar-refractivity contribution is 14.1. The first-order valence-electron chi connectivity index (χ1n) is 4.01. The number of hydrogen-bond acceptors (Lipinski definition) is 1. The predicted molar refractivity (Wildman–Crippen MR) is 58.7 cm³/mol. The predicted octanol–water partition coefficient (Wildman–Crippen LogP) is 2.95. The van der Waals surface area contributed by atoms with Crippen molar-refractivity contribution in [3.63, 3.8) is 0 Å². The van der Waals surface area contributed by atoms with E-state index in [0.717, 1.165) is 10.8 Å². The van der Waals surface area contributed by atoms with Crippen LogP contribution in [0.2, 0.25) is 0 Å². The van der Waals surface area contributed by atoms with Crippen LogP contribution < -0.4 is 0 Å². The molecule has 0 atom stereocenters. The third kappa shape index (κ3) is 3.74. The zero-order valence-corrected chi connectivity index (χ0v) is 10.3. The van der Waals surface area contributed by atoms with E-state index in [0.29, 0.717) is 0 Å². The largest absolute Gasteiger partial charge is 0.481 e. The molecule has 0 saturated carbocycles. The average molecular weight is 284 g/mol. The van der Waals surface area contributed by atoms with Crippen molar-refractivity contribution in [2.75, 3.05) is 4.43 Å². The van der Waals surface area contributed by atoms with E-state index in [1.807, 2.05) is 0 Å². The van der Waals surface area contributed by atoms with Gasteiger partial charge in [0.1, 0.15) is 0 Å². The van der Waals surface area contributed by atoms with E-state index < -0.39 is 11.4 Å². The van der Waals surface area contributed by atoms with Crippen LogP contribution in [0.5, 0.6) is 0 Å². The Morgan fingerprint density at radius 1 is 1.33 bits per heavy atom. The molecule has 0 aliphatic rings. The summed E-state index contributed by atoms with van der Waals surface area (Å²) in [6.45, 7) is 7.76. The van der Waals surface area contributed by atoms with Gasteiger partial charge in [-0.05, 0) is 25.7 Å². The lowest BCUT2D eigenvalue weighted by molar-refractivity contribution is -0.148. The number of hydrogen-bond donors (Lipinski definition) is 1. The molecule has 0 amide bonds. The topological polar surface area (TPSA) is 37.3 Å². The monoisotopic (exact) mass is 284 g/mol. The van der Waals surface area contributed by atoms with Crippen molar-refractivity contribution >= 4 is 28.6 Å². The van der Waals surface area contributed by atoms with Gasteiger partial charge in [0.15, 0.2) is 0 Å². The van der Waals surface area contributed by atoms with E-state index in [2.05, 4.69) is 36.4 Å². The van der Waals surface area contributed by atoms with E-state index in [4.69, 9.17) is 5.11 Å². The second-order valence-corrected chi connectivity index (χ2v) is 5.43. The van der Waals surface area contributed by atoms with Crippen molar-refractivity contribution in [2.45, 2.75) is 34.1 Å². The molecule has 0 aliphatic heterocycles. The summed E-state index contributed by atoms with van der Waals surface area (Å²) in [5.41, 5.74) is -0.489. The van der Waals surface area contributed by atoms with Crippen LogP contribution in [0.3, 0.4) is 0 Å². The Morgan fingerprint density at radius 2 is 1.75 bits per heavy atom. The van der Waals surface area contributed by atoms with Crippen LogP contribution in [-0.4, -0.2) is 15.5 Å². The molecule has 0 bridgehead atoms. The molecule has 0 heterocycles. The van der Waals surface area contributed by atoms with Gasteiger partial charge in [-0.1, -0.05) is 36.4 Å². The lowest BCUT2D eigenvalue weighted by Crippen LogP contribution is -2.31. The van der Waals surface area contributed by atoms with Crippen molar-refractivity contribution in [1.82, 2.24) is 0 Å². The molecule has 0 aromatic rings. The SMILES string of the molecule is CC(C)(CI)CC(C)(C)C(=O)O. The molecule has 72 valence electrons. The third-order valence-corrected chi connectivity index (χ3v) is 3.93. The number of carboxylic acids is 1. The highest BCUT2D eigenvalue weighted by Gasteiger charge is 2.33. The van der Waals surface area contributed by atoms with Crippen LogP contribution in [0, 0.1) is 10.8 Å². The normalized spacial score (nSPS) is 13.1. The quantitative estimate of drug-likeness (QED) is 0.636. The van der Waals surface area contributed by atoms with E-state index in [1.165, 1.54) is 0 Å². The van der Waals surface area contributed by atoms with Gasteiger partial charge in [0.05, 0.1) is 5.41 Å². The molecular weight excluding hydrogens is 267 g/mol. The minimum atomic E-state index is -0.708. The smallest absolute Gasteiger partial charge is 0.309 e. The Labute approximate surface area is 87.9 Å². The number of alkyl halides is 1. The molecule has 12 heavy (non-hydrogen) atoms. The van der Waals surface area contributed by atoms with Gasteiger partial charge >= 0.3 is 5.97 Å². The fraction of sp³-hybridized carbons (Fsp3) is 0.889. The Bertz CT molecular complexity index is 173. The maximum Gasteiger partial charge on any atom is 0.309 e. The molecule has 0 aliphatic carbocycles. The Kier molecular flexibility index (Phi) is 4.00. The summed E-state index contributed by atoms with van der Waals surface area (Å²) in [5, 5.41) is 8.90. The zero-order chi connectivity index (χ0) is 9.99. The van der Waals surface area contributed by atoms with Crippen molar-refractivity contribution < 1.29 is 9.90 Å². The van der Waals surface area contributed by atoms with Gasteiger partial charge < -0.3 is 5.11 Å². The van der Waals surface area contributed by atoms with Crippen molar-refractivity contribution in [1.29, 1.82) is 0 Å². The summed E-state index contributed by atoms with van der Waals surface area (Å²) >= 11 is 2.30. The van der Waals surface area contributed by atoms with Crippen molar-refractivity contribution in [3.05, 3.63) is 0 Å². The summed E-state index contributed by atoms with van der Waals surface area (Å²) < 4.78 is 0.988. The molecule has 0 aromatic carbocycles. The fourth-order valence-electron chi connectivity index (χ4n) is 1.32. The highest BCUT2D eigenvalue weighted by atomic mass is 127. The number of carbonyl (C=O) groups is 1. The molecule has 0 fully saturated rings. The molecule has 0 spiro atoms.